The van der Waals surface area contributed by atoms with Crippen molar-refractivity contribution in [2.75, 3.05) is 20.3 Å². The Balaban J connectivity index is 2.94. The molecule has 18 heavy (non-hydrogen) atoms. The van der Waals surface area contributed by atoms with Crippen molar-refractivity contribution in [1.29, 1.82) is 0 Å². The molecule has 0 spiro atoms. The van der Waals surface area contributed by atoms with Gasteiger partial charge in [-0.2, -0.15) is 0 Å². The Labute approximate surface area is 113 Å². The van der Waals surface area contributed by atoms with Crippen molar-refractivity contribution >= 4 is 17.5 Å². The molecule has 0 saturated heterocycles. The molecule has 0 fully saturated rings. The predicted molar refractivity (Wildman–Crippen MR) is 72.0 cm³/mol. The number of rotatable bonds is 5. The lowest BCUT2D eigenvalue weighted by molar-refractivity contribution is 0.0634. The van der Waals surface area contributed by atoms with Crippen molar-refractivity contribution in [1.82, 2.24) is 9.88 Å². The zero-order chi connectivity index (χ0) is 13.7. The van der Waals surface area contributed by atoms with Crippen LogP contribution in [0.2, 0.25) is 5.02 Å². The number of aromatic nitrogens is 1. The van der Waals surface area contributed by atoms with Gasteiger partial charge in [0.25, 0.3) is 5.91 Å². The molecular weight excluding hydrogens is 252 g/mol. The molecule has 0 aliphatic heterocycles. The number of hydrogen-bond acceptors (Lipinski definition) is 3. The van der Waals surface area contributed by atoms with Gasteiger partial charge >= 0.3 is 0 Å². The van der Waals surface area contributed by atoms with E-state index in [1.807, 2.05) is 20.8 Å². The van der Waals surface area contributed by atoms with Crippen LogP contribution in [0.15, 0.2) is 12.3 Å². The van der Waals surface area contributed by atoms with Crippen LogP contribution in [0.1, 0.15) is 29.9 Å². The van der Waals surface area contributed by atoms with Crippen molar-refractivity contribution in [3.05, 3.63) is 28.5 Å². The van der Waals surface area contributed by atoms with Crippen molar-refractivity contribution in [2.45, 2.75) is 26.8 Å². The van der Waals surface area contributed by atoms with Crippen LogP contribution in [0.25, 0.3) is 0 Å². The van der Waals surface area contributed by atoms with E-state index in [1.165, 1.54) is 6.20 Å². The molecule has 5 heteroatoms. The van der Waals surface area contributed by atoms with Crippen molar-refractivity contribution < 1.29 is 9.53 Å². The largest absolute Gasteiger partial charge is 0.383 e. The van der Waals surface area contributed by atoms with Crippen LogP contribution in [0.5, 0.6) is 0 Å². The lowest BCUT2D eigenvalue weighted by Gasteiger charge is -2.26. The summed E-state index contributed by atoms with van der Waals surface area (Å²) in [4.78, 5) is 18.2. The molecule has 4 nitrogen and oxygen atoms in total. The highest BCUT2D eigenvalue weighted by molar-refractivity contribution is 6.33. The van der Waals surface area contributed by atoms with Gasteiger partial charge in [0.05, 0.1) is 17.2 Å². The number of aryl methyl sites for hydroxylation is 1. The van der Waals surface area contributed by atoms with Gasteiger partial charge in [-0.15, -0.1) is 0 Å². The second-order valence-corrected chi connectivity index (χ2v) is 4.80. The number of nitrogens with zero attached hydrogens (tertiary/aromatic N) is 2. The van der Waals surface area contributed by atoms with Crippen LogP contribution in [0.3, 0.4) is 0 Å². The zero-order valence-corrected chi connectivity index (χ0v) is 12.0. The molecule has 1 rings (SSSR count). The maximum Gasteiger partial charge on any atom is 0.257 e. The summed E-state index contributed by atoms with van der Waals surface area (Å²) in [5.74, 6) is -0.112. The molecule has 0 aliphatic rings. The third kappa shape index (κ3) is 3.68. The van der Waals surface area contributed by atoms with Crippen LogP contribution < -0.4 is 0 Å². The smallest absolute Gasteiger partial charge is 0.257 e. The maximum atomic E-state index is 12.4. The Morgan fingerprint density at radius 1 is 1.56 bits per heavy atom. The van der Waals surface area contributed by atoms with Gasteiger partial charge in [0.1, 0.15) is 0 Å². The Bertz CT molecular complexity index is 421. The average Bonchev–Trinajstić information content (AvgIpc) is 2.28. The first-order valence-electron chi connectivity index (χ1n) is 5.89. The zero-order valence-electron chi connectivity index (χ0n) is 11.2. The number of hydrogen-bond donors (Lipinski definition) is 0. The van der Waals surface area contributed by atoms with E-state index in [9.17, 15) is 4.79 Å². The molecule has 1 aromatic rings. The highest BCUT2D eigenvalue weighted by Gasteiger charge is 2.21. The Morgan fingerprint density at radius 2 is 2.22 bits per heavy atom. The molecule has 0 radical (unpaired) electrons. The fourth-order valence-electron chi connectivity index (χ4n) is 1.62. The first-order valence-corrected chi connectivity index (χ1v) is 6.27. The molecule has 1 heterocycles. The summed E-state index contributed by atoms with van der Waals surface area (Å²) >= 11 is 6.09. The van der Waals surface area contributed by atoms with E-state index in [0.29, 0.717) is 23.7 Å². The Morgan fingerprint density at radius 3 is 2.72 bits per heavy atom. The van der Waals surface area contributed by atoms with Crippen LogP contribution in [-0.4, -0.2) is 42.1 Å². The summed E-state index contributed by atoms with van der Waals surface area (Å²) in [6, 6.07) is 1.79. The summed E-state index contributed by atoms with van der Waals surface area (Å²) in [6.07, 6.45) is 1.53. The molecule has 0 atom stereocenters. The van der Waals surface area contributed by atoms with Gasteiger partial charge in [-0.1, -0.05) is 11.6 Å². The topological polar surface area (TPSA) is 42.4 Å². The van der Waals surface area contributed by atoms with E-state index in [2.05, 4.69) is 4.98 Å². The highest BCUT2D eigenvalue weighted by atomic mass is 35.5. The monoisotopic (exact) mass is 270 g/mol. The van der Waals surface area contributed by atoms with Crippen molar-refractivity contribution in [3.8, 4) is 0 Å². The highest BCUT2D eigenvalue weighted by Crippen LogP contribution is 2.18. The number of ether oxygens (including phenoxy) is 1. The van der Waals surface area contributed by atoms with E-state index in [0.717, 1.165) is 5.69 Å². The molecule has 1 amide bonds. The fourth-order valence-corrected chi connectivity index (χ4v) is 1.91. The van der Waals surface area contributed by atoms with E-state index in [1.54, 1.807) is 18.1 Å². The summed E-state index contributed by atoms with van der Waals surface area (Å²) < 4.78 is 5.02. The van der Waals surface area contributed by atoms with Gasteiger partial charge < -0.3 is 9.64 Å². The summed E-state index contributed by atoms with van der Waals surface area (Å²) in [7, 11) is 1.61. The second kappa shape index (κ2) is 6.71. The number of methoxy groups -OCH3 is 1. The van der Waals surface area contributed by atoms with Crippen LogP contribution in [0, 0.1) is 6.92 Å². The Kier molecular flexibility index (Phi) is 5.56. The van der Waals surface area contributed by atoms with E-state index in [-0.39, 0.29) is 11.9 Å². The van der Waals surface area contributed by atoms with E-state index in [4.69, 9.17) is 16.3 Å². The van der Waals surface area contributed by atoms with E-state index < -0.39 is 0 Å². The standard InChI is InChI=1S/C13H19ClN2O2/c1-9(2)16(5-6-18-4)13(17)11-8-15-10(3)7-12(11)14/h7-9H,5-6H2,1-4H3. The van der Waals surface area contributed by atoms with Gasteiger partial charge in [0.2, 0.25) is 0 Å². The Hall–Kier alpha value is -1.13. The van der Waals surface area contributed by atoms with Gasteiger partial charge in [-0.3, -0.25) is 9.78 Å². The van der Waals surface area contributed by atoms with E-state index >= 15 is 0 Å². The van der Waals surface area contributed by atoms with Gasteiger partial charge in [-0.25, -0.2) is 0 Å². The van der Waals surface area contributed by atoms with Gasteiger partial charge in [0.15, 0.2) is 0 Å². The summed E-state index contributed by atoms with van der Waals surface area (Å²) in [5.41, 5.74) is 1.23. The van der Waals surface area contributed by atoms with Gasteiger partial charge in [-0.05, 0) is 26.8 Å². The molecule has 0 bridgehead atoms. The predicted octanol–water partition coefficient (Wildman–Crippen LogP) is 2.54. The summed E-state index contributed by atoms with van der Waals surface area (Å²) in [5, 5.41) is 0.440. The fraction of sp³-hybridized carbons (Fsp3) is 0.538. The van der Waals surface area contributed by atoms with Gasteiger partial charge in [0, 0.05) is 31.6 Å². The van der Waals surface area contributed by atoms with Crippen LogP contribution in [0.4, 0.5) is 0 Å². The lowest BCUT2D eigenvalue weighted by Crippen LogP contribution is -2.39. The number of carbonyl (C=O) groups excluding carboxylic acids is 1. The number of pyridine rings is 1. The first-order chi connectivity index (χ1) is 8.47. The van der Waals surface area contributed by atoms with Crippen molar-refractivity contribution in [2.24, 2.45) is 0 Å². The molecule has 100 valence electrons. The third-order valence-electron chi connectivity index (χ3n) is 2.64. The molecule has 0 N–H and O–H groups in total. The number of amides is 1. The quantitative estimate of drug-likeness (QED) is 0.826. The maximum absolute atomic E-state index is 12.4. The molecule has 0 aromatic carbocycles. The lowest BCUT2D eigenvalue weighted by atomic mass is 10.2. The molecule has 0 aliphatic carbocycles. The summed E-state index contributed by atoms with van der Waals surface area (Å²) in [6.45, 7) is 6.80. The van der Waals surface area contributed by atoms with Crippen LogP contribution in [-0.2, 0) is 4.74 Å². The first kappa shape index (κ1) is 14.9. The third-order valence-corrected chi connectivity index (χ3v) is 2.95. The van der Waals surface area contributed by atoms with Crippen LogP contribution >= 0.6 is 11.6 Å². The number of halogens is 1. The molecule has 1 aromatic heterocycles. The molecule has 0 unspecified atom stereocenters. The van der Waals surface area contributed by atoms with Crippen molar-refractivity contribution in [3.63, 3.8) is 0 Å². The minimum Gasteiger partial charge on any atom is -0.383 e. The molecular formula is C13H19ClN2O2. The SMILES string of the molecule is COCCN(C(=O)c1cnc(C)cc1Cl)C(C)C. The minimum atomic E-state index is -0.112. The normalized spacial score (nSPS) is 10.8. The molecule has 0 saturated carbocycles. The average molecular weight is 271 g/mol. The minimum absolute atomic E-state index is 0.0880. The number of carbonyl (C=O) groups is 1. The second-order valence-electron chi connectivity index (χ2n) is 4.39.